The van der Waals surface area contributed by atoms with Gasteiger partial charge < -0.3 is 16.0 Å². The van der Waals surface area contributed by atoms with Crippen LogP contribution in [-0.2, 0) is 6.18 Å². The van der Waals surface area contributed by atoms with Crippen LogP contribution in [0.1, 0.15) is 15.9 Å². The molecule has 30 heavy (non-hydrogen) atoms. The van der Waals surface area contributed by atoms with E-state index >= 15 is 0 Å². The van der Waals surface area contributed by atoms with Crippen molar-refractivity contribution in [3.05, 3.63) is 89.7 Å². The average molecular weight is 417 g/mol. The number of halogens is 4. The molecule has 0 bridgehead atoms. The first-order valence-corrected chi connectivity index (χ1v) is 8.63. The van der Waals surface area contributed by atoms with Gasteiger partial charge in [0.2, 0.25) is 0 Å². The highest BCUT2D eigenvalue weighted by Gasteiger charge is 2.30. The molecule has 3 rings (SSSR count). The third-order valence-corrected chi connectivity index (χ3v) is 3.97. The largest absolute Gasteiger partial charge is 0.416 e. The quantitative estimate of drug-likeness (QED) is 0.474. The smallest absolute Gasteiger partial charge is 0.322 e. The van der Waals surface area contributed by atoms with Gasteiger partial charge in [0, 0.05) is 17.1 Å². The van der Waals surface area contributed by atoms with E-state index in [4.69, 9.17) is 0 Å². The minimum atomic E-state index is -4.52. The fraction of sp³-hybridized carbons (Fsp3) is 0.0476. The number of carbonyl (C=O) groups excluding carboxylic acids is 2. The maximum Gasteiger partial charge on any atom is 0.416 e. The number of alkyl halides is 3. The highest BCUT2D eigenvalue weighted by Crippen LogP contribution is 2.30. The summed E-state index contributed by atoms with van der Waals surface area (Å²) in [6.07, 6.45) is -4.52. The lowest BCUT2D eigenvalue weighted by molar-refractivity contribution is -0.137. The molecule has 3 amide bonds. The molecule has 0 aliphatic carbocycles. The number of nitrogens with one attached hydrogen (secondary N) is 3. The first-order chi connectivity index (χ1) is 14.2. The molecule has 3 aromatic carbocycles. The molecule has 0 saturated carbocycles. The van der Waals surface area contributed by atoms with Crippen molar-refractivity contribution in [1.82, 2.24) is 0 Å². The highest BCUT2D eigenvalue weighted by atomic mass is 19.4. The summed E-state index contributed by atoms with van der Waals surface area (Å²) in [7, 11) is 0. The summed E-state index contributed by atoms with van der Waals surface area (Å²) in [5.41, 5.74) is -0.304. The van der Waals surface area contributed by atoms with Crippen LogP contribution in [0.4, 0.5) is 39.4 Å². The van der Waals surface area contributed by atoms with Crippen LogP contribution in [0, 0.1) is 5.82 Å². The minimum absolute atomic E-state index is 0.0175. The van der Waals surface area contributed by atoms with Gasteiger partial charge in [-0.2, -0.15) is 13.2 Å². The third kappa shape index (κ3) is 5.34. The Morgan fingerprint density at radius 3 is 1.93 bits per heavy atom. The summed E-state index contributed by atoms with van der Waals surface area (Å²) in [6.45, 7) is 0. The number of hydrogen-bond acceptors (Lipinski definition) is 2. The van der Waals surface area contributed by atoms with E-state index < -0.39 is 29.5 Å². The standard InChI is InChI=1S/C21H15F4N3O2/c22-18-7-2-1-6-17(18)19(29)26-14-8-10-15(11-9-14)27-20(30)28-16-5-3-4-13(12-16)21(23,24)25/h1-12H,(H,26,29)(H2,27,28,30). The fourth-order valence-corrected chi connectivity index (χ4v) is 2.55. The molecule has 0 unspecified atom stereocenters. The van der Waals surface area contributed by atoms with Gasteiger partial charge in [-0.3, -0.25) is 4.79 Å². The van der Waals surface area contributed by atoms with Crippen LogP contribution >= 0.6 is 0 Å². The molecule has 0 heterocycles. The fourth-order valence-electron chi connectivity index (χ4n) is 2.55. The minimum Gasteiger partial charge on any atom is -0.322 e. The normalized spacial score (nSPS) is 10.9. The highest BCUT2D eigenvalue weighted by molar-refractivity contribution is 6.04. The number of amides is 3. The Morgan fingerprint density at radius 2 is 1.30 bits per heavy atom. The molecular formula is C21H15F4N3O2. The van der Waals surface area contributed by atoms with Crippen molar-refractivity contribution in [2.24, 2.45) is 0 Å². The van der Waals surface area contributed by atoms with E-state index in [1.165, 1.54) is 60.7 Å². The first kappa shape index (κ1) is 20.8. The molecule has 154 valence electrons. The molecule has 0 saturated heterocycles. The Bertz CT molecular complexity index is 1070. The van der Waals surface area contributed by atoms with Gasteiger partial charge in [-0.1, -0.05) is 18.2 Å². The van der Waals surface area contributed by atoms with Crippen molar-refractivity contribution < 1.29 is 27.2 Å². The van der Waals surface area contributed by atoms with E-state index in [0.29, 0.717) is 11.4 Å². The molecule has 0 aliphatic heterocycles. The van der Waals surface area contributed by atoms with Crippen molar-refractivity contribution in [2.75, 3.05) is 16.0 Å². The van der Waals surface area contributed by atoms with Crippen LogP contribution in [0.15, 0.2) is 72.8 Å². The van der Waals surface area contributed by atoms with E-state index in [9.17, 15) is 27.2 Å². The summed E-state index contributed by atoms with van der Waals surface area (Å²) < 4.78 is 51.8. The molecule has 0 fully saturated rings. The monoisotopic (exact) mass is 417 g/mol. The number of rotatable bonds is 4. The third-order valence-electron chi connectivity index (χ3n) is 3.97. The first-order valence-electron chi connectivity index (χ1n) is 8.63. The topological polar surface area (TPSA) is 70.2 Å². The Labute approximate surface area is 168 Å². The zero-order valence-corrected chi connectivity index (χ0v) is 15.3. The van der Waals surface area contributed by atoms with Crippen LogP contribution in [-0.4, -0.2) is 11.9 Å². The SMILES string of the molecule is O=C(Nc1ccc(NC(=O)c2ccccc2F)cc1)Nc1cccc(C(F)(F)F)c1. The Hall–Kier alpha value is -3.88. The molecule has 0 atom stereocenters. The number of carbonyl (C=O) groups is 2. The van der Waals surface area contributed by atoms with Crippen molar-refractivity contribution in [2.45, 2.75) is 6.18 Å². The van der Waals surface area contributed by atoms with Crippen LogP contribution in [0.25, 0.3) is 0 Å². The van der Waals surface area contributed by atoms with Gasteiger partial charge in [0.05, 0.1) is 11.1 Å². The van der Waals surface area contributed by atoms with E-state index in [-0.39, 0.29) is 11.3 Å². The van der Waals surface area contributed by atoms with Crippen molar-refractivity contribution in [3.8, 4) is 0 Å². The second-order valence-corrected chi connectivity index (χ2v) is 6.17. The predicted octanol–water partition coefficient (Wildman–Crippen LogP) is 5.74. The molecular weight excluding hydrogens is 402 g/mol. The maximum atomic E-state index is 13.6. The van der Waals surface area contributed by atoms with Crippen molar-refractivity contribution in [3.63, 3.8) is 0 Å². The van der Waals surface area contributed by atoms with E-state index in [1.54, 1.807) is 0 Å². The molecule has 3 aromatic rings. The summed E-state index contributed by atoms with van der Waals surface area (Å²) in [6, 6.07) is 14.9. The van der Waals surface area contributed by atoms with Crippen molar-refractivity contribution in [1.29, 1.82) is 0 Å². The van der Waals surface area contributed by atoms with Gasteiger partial charge in [0.25, 0.3) is 5.91 Å². The lowest BCUT2D eigenvalue weighted by Crippen LogP contribution is -2.20. The zero-order chi connectivity index (χ0) is 21.7. The Kier molecular flexibility index (Phi) is 6.01. The van der Waals surface area contributed by atoms with Crippen LogP contribution in [0.5, 0.6) is 0 Å². The summed E-state index contributed by atoms with van der Waals surface area (Å²) in [5, 5.41) is 7.31. The molecule has 0 aliphatic rings. The Balaban J connectivity index is 1.60. The molecule has 3 N–H and O–H groups in total. The maximum absolute atomic E-state index is 13.6. The predicted molar refractivity (Wildman–Crippen MR) is 105 cm³/mol. The number of anilines is 3. The second kappa shape index (κ2) is 8.64. The van der Waals surface area contributed by atoms with E-state index in [1.807, 2.05) is 0 Å². The van der Waals surface area contributed by atoms with Gasteiger partial charge in [-0.05, 0) is 54.6 Å². The molecule has 0 radical (unpaired) electrons. The van der Waals surface area contributed by atoms with Gasteiger partial charge in [-0.25, -0.2) is 9.18 Å². The van der Waals surface area contributed by atoms with Gasteiger partial charge >= 0.3 is 12.2 Å². The van der Waals surface area contributed by atoms with Gasteiger partial charge in [0.1, 0.15) is 5.82 Å². The summed E-state index contributed by atoms with van der Waals surface area (Å²) >= 11 is 0. The van der Waals surface area contributed by atoms with Gasteiger partial charge in [-0.15, -0.1) is 0 Å². The average Bonchev–Trinajstić information content (AvgIpc) is 2.69. The van der Waals surface area contributed by atoms with Crippen LogP contribution in [0.2, 0.25) is 0 Å². The molecule has 9 heteroatoms. The zero-order valence-electron chi connectivity index (χ0n) is 15.3. The van der Waals surface area contributed by atoms with Crippen molar-refractivity contribution >= 4 is 29.0 Å². The lowest BCUT2D eigenvalue weighted by Gasteiger charge is -2.11. The van der Waals surface area contributed by atoms with Gasteiger partial charge in [0.15, 0.2) is 0 Å². The molecule has 5 nitrogen and oxygen atoms in total. The summed E-state index contributed by atoms with van der Waals surface area (Å²) in [4.78, 5) is 24.1. The van der Waals surface area contributed by atoms with E-state index in [2.05, 4.69) is 16.0 Å². The van der Waals surface area contributed by atoms with E-state index in [0.717, 1.165) is 12.1 Å². The lowest BCUT2D eigenvalue weighted by atomic mass is 10.2. The summed E-state index contributed by atoms with van der Waals surface area (Å²) in [5.74, 6) is -1.28. The van der Waals surface area contributed by atoms with Crippen LogP contribution in [0.3, 0.4) is 0 Å². The molecule has 0 spiro atoms. The van der Waals surface area contributed by atoms with Crippen LogP contribution < -0.4 is 16.0 Å². The number of urea groups is 1. The number of hydrogen-bond donors (Lipinski definition) is 3. The number of benzene rings is 3. The Morgan fingerprint density at radius 1 is 0.700 bits per heavy atom. The molecule has 0 aromatic heterocycles. The second-order valence-electron chi connectivity index (χ2n) is 6.17.